The second kappa shape index (κ2) is 5.88. The highest BCUT2D eigenvalue weighted by molar-refractivity contribution is 6.30. The van der Waals surface area contributed by atoms with Crippen LogP contribution in [0.4, 0.5) is 0 Å². The zero-order chi connectivity index (χ0) is 12.8. The minimum atomic E-state index is -0.415. The van der Waals surface area contributed by atoms with E-state index in [2.05, 4.69) is 20.5 Å². The summed E-state index contributed by atoms with van der Waals surface area (Å²) in [6, 6.07) is 7.12. The molecule has 0 bridgehead atoms. The Labute approximate surface area is 109 Å². The van der Waals surface area contributed by atoms with E-state index in [0.717, 1.165) is 5.56 Å². The lowest BCUT2D eigenvalue weighted by Gasteiger charge is -1.97. The van der Waals surface area contributed by atoms with Gasteiger partial charge in [-0.05, 0) is 17.7 Å². The first-order valence-electron chi connectivity index (χ1n) is 5.11. The molecule has 1 heterocycles. The van der Waals surface area contributed by atoms with Gasteiger partial charge in [-0.2, -0.15) is 5.10 Å². The lowest BCUT2D eigenvalue weighted by Crippen LogP contribution is -2.19. The first-order valence-corrected chi connectivity index (χ1v) is 5.48. The monoisotopic (exact) mass is 260 g/mol. The molecule has 2 aromatic rings. The van der Waals surface area contributed by atoms with Crippen LogP contribution in [0.5, 0.6) is 0 Å². The van der Waals surface area contributed by atoms with E-state index in [0.29, 0.717) is 5.02 Å². The maximum Gasteiger partial charge on any atom is 0.291 e. The van der Waals surface area contributed by atoms with Gasteiger partial charge < -0.3 is 0 Å². The Morgan fingerprint density at radius 2 is 2.28 bits per heavy atom. The van der Waals surface area contributed by atoms with Crippen LogP contribution in [0, 0.1) is 0 Å². The van der Waals surface area contributed by atoms with Gasteiger partial charge in [-0.3, -0.25) is 9.78 Å². The van der Waals surface area contributed by atoms with Crippen molar-refractivity contribution in [2.75, 3.05) is 0 Å². The third-order valence-corrected chi connectivity index (χ3v) is 2.26. The van der Waals surface area contributed by atoms with Gasteiger partial charge in [-0.25, -0.2) is 10.4 Å². The van der Waals surface area contributed by atoms with Crippen molar-refractivity contribution in [1.29, 1.82) is 0 Å². The molecule has 0 radical (unpaired) electrons. The summed E-state index contributed by atoms with van der Waals surface area (Å²) in [7, 11) is 0. The maximum atomic E-state index is 11.5. The molecule has 0 atom stereocenters. The van der Waals surface area contributed by atoms with Crippen molar-refractivity contribution >= 4 is 23.7 Å². The fraction of sp³-hybridized carbons (Fsp3) is 0. The van der Waals surface area contributed by atoms with Crippen molar-refractivity contribution in [3.8, 4) is 0 Å². The van der Waals surface area contributed by atoms with Crippen LogP contribution in [0.15, 0.2) is 48.0 Å². The van der Waals surface area contributed by atoms with Crippen molar-refractivity contribution in [3.63, 3.8) is 0 Å². The first-order chi connectivity index (χ1) is 8.75. The summed E-state index contributed by atoms with van der Waals surface area (Å²) < 4.78 is 0. The molecule has 1 aromatic heterocycles. The van der Waals surface area contributed by atoms with E-state index in [-0.39, 0.29) is 5.69 Å². The van der Waals surface area contributed by atoms with E-state index in [9.17, 15) is 4.79 Å². The highest BCUT2D eigenvalue weighted by atomic mass is 35.5. The fourth-order valence-corrected chi connectivity index (χ4v) is 1.42. The van der Waals surface area contributed by atoms with E-state index >= 15 is 0 Å². The van der Waals surface area contributed by atoms with E-state index in [1.54, 1.807) is 18.2 Å². The zero-order valence-corrected chi connectivity index (χ0v) is 10.0. The van der Waals surface area contributed by atoms with E-state index in [1.165, 1.54) is 24.8 Å². The number of rotatable bonds is 3. The smallest absolute Gasteiger partial charge is 0.265 e. The van der Waals surface area contributed by atoms with Crippen LogP contribution in [0.25, 0.3) is 0 Å². The molecule has 0 spiro atoms. The van der Waals surface area contributed by atoms with E-state index in [1.807, 2.05) is 6.07 Å². The third kappa shape index (κ3) is 3.36. The van der Waals surface area contributed by atoms with Crippen LogP contribution in [0.3, 0.4) is 0 Å². The Morgan fingerprint density at radius 1 is 1.39 bits per heavy atom. The third-order valence-electron chi connectivity index (χ3n) is 2.02. The summed E-state index contributed by atoms with van der Waals surface area (Å²) in [6.07, 6.45) is 5.80. The van der Waals surface area contributed by atoms with Gasteiger partial charge in [0.05, 0.1) is 12.4 Å². The minimum Gasteiger partial charge on any atom is -0.265 e. The quantitative estimate of drug-likeness (QED) is 0.677. The summed E-state index contributed by atoms with van der Waals surface area (Å²) in [4.78, 5) is 19.2. The van der Waals surface area contributed by atoms with Crippen LogP contribution in [-0.4, -0.2) is 22.1 Å². The number of carbonyl (C=O) groups excluding carboxylic acids is 1. The molecule has 5 nitrogen and oxygen atoms in total. The van der Waals surface area contributed by atoms with Gasteiger partial charge in [0.25, 0.3) is 5.91 Å². The number of benzene rings is 1. The molecule has 0 aliphatic carbocycles. The lowest BCUT2D eigenvalue weighted by molar-refractivity contribution is 0.0950. The molecule has 18 heavy (non-hydrogen) atoms. The van der Waals surface area contributed by atoms with Gasteiger partial charge in [0, 0.05) is 17.4 Å². The molecular formula is C12H9ClN4O. The van der Waals surface area contributed by atoms with Crippen LogP contribution in [-0.2, 0) is 0 Å². The number of amides is 1. The van der Waals surface area contributed by atoms with Gasteiger partial charge in [0.15, 0.2) is 0 Å². The zero-order valence-electron chi connectivity index (χ0n) is 9.25. The molecule has 90 valence electrons. The number of hydrogen-bond acceptors (Lipinski definition) is 4. The number of aromatic nitrogens is 2. The molecule has 1 amide bonds. The molecule has 1 aromatic carbocycles. The molecule has 0 aliphatic heterocycles. The predicted molar refractivity (Wildman–Crippen MR) is 68.5 cm³/mol. The SMILES string of the molecule is O=C(N/N=C\c1cccc(Cl)c1)c1cnccn1. The summed E-state index contributed by atoms with van der Waals surface area (Å²) in [5.74, 6) is -0.415. The minimum absolute atomic E-state index is 0.209. The van der Waals surface area contributed by atoms with Crippen molar-refractivity contribution < 1.29 is 4.79 Å². The standard InChI is InChI=1S/C12H9ClN4O/c13-10-3-1-2-9(6-10)7-16-17-12(18)11-8-14-4-5-15-11/h1-8H,(H,17,18)/b16-7-. The average molecular weight is 261 g/mol. The van der Waals surface area contributed by atoms with Crippen molar-refractivity contribution in [1.82, 2.24) is 15.4 Å². The first kappa shape index (κ1) is 12.2. The molecule has 0 fully saturated rings. The molecular weight excluding hydrogens is 252 g/mol. The van der Waals surface area contributed by atoms with Crippen LogP contribution in [0.1, 0.15) is 16.1 Å². The molecule has 6 heteroatoms. The van der Waals surface area contributed by atoms with Crippen molar-refractivity contribution in [2.24, 2.45) is 5.10 Å². The van der Waals surface area contributed by atoms with Gasteiger partial charge in [-0.15, -0.1) is 0 Å². The highest BCUT2D eigenvalue weighted by Gasteiger charge is 2.04. The number of nitrogens with one attached hydrogen (secondary N) is 1. The Hall–Kier alpha value is -2.27. The van der Waals surface area contributed by atoms with Gasteiger partial charge in [0.1, 0.15) is 5.69 Å². The Morgan fingerprint density at radius 3 is 3.00 bits per heavy atom. The molecule has 0 saturated carbocycles. The van der Waals surface area contributed by atoms with E-state index in [4.69, 9.17) is 11.6 Å². The lowest BCUT2D eigenvalue weighted by atomic mass is 10.2. The van der Waals surface area contributed by atoms with Gasteiger partial charge in [0.2, 0.25) is 0 Å². The largest absolute Gasteiger partial charge is 0.291 e. The Kier molecular flexibility index (Phi) is 3.98. The van der Waals surface area contributed by atoms with Gasteiger partial charge >= 0.3 is 0 Å². The van der Waals surface area contributed by atoms with Crippen molar-refractivity contribution in [3.05, 3.63) is 59.1 Å². The summed E-state index contributed by atoms with van der Waals surface area (Å²) in [5.41, 5.74) is 3.35. The number of nitrogens with zero attached hydrogens (tertiary/aromatic N) is 3. The summed E-state index contributed by atoms with van der Waals surface area (Å²) in [6.45, 7) is 0. The fourth-order valence-electron chi connectivity index (χ4n) is 1.23. The number of hydrazone groups is 1. The molecule has 2 rings (SSSR count). The predicted octanol–water partition coefficient (Wildman–Crippen LogP) is 1.89. The second-order valence-electron chi connectivity index (χ2n) is 3.34. The van der Waals surface area contributed by atoms with Crippen LogP contribution >= 0.6 is 11.6 Å². The number of hydrogen-bond donors (Lipinski definition) is 1. The Bertz CT molecular complexity index is 571. The summed E-state index contributed by atoms with van der Waals surface area (Å²) in [5, 5.41) is 4.42. The van der Waals surface area contributed by atoms with E-state index < -0.39 is 5.91 Å². The van der Waals surface area contributed by atoms with Gasteiger partial charge in [-0.1, -0.05) is 23.7 Å². The molecule has 1 N–H and O–H groups in total. The Balaban J connectivity index is 1.98. The maximum absolute atomic E-state index is 11.5. The average Bonchev–Trinajstić information content (AvgIpc) is 2.40. The summed E-state index contributed by atoms with van der Waals surface area (Å²) >= 11 is 5.81. The number of halogens is 1. The van der Waals surface area contributed by atoms with Crippen LogP contribution in [0.2, 0.25) is 5.02 Å². The second-order valence-corrected chi connectivity index (χ2v) is 3.78. The molecule has 0 saturated heterocycles. The molecule has 0 unspecified atom stereocenters. The normalized spacial score (nSPS) is 10.5. The number of carbonyl (C=O) groups is 1. The molecule has 0 aliphatic rings. The highest BCUT2D eigenvalue weighted by Crippen LogP contribution is 2.08. The van der Waals surface area contributed by atoms with Crippen molar-refractivity contribution in [2.45, 2.75) is 0 Å². The topological polar surface area (TPSA) is 67.2 Å². The van der Waals surface area contributed by atoms with Crippen LogP contribution < -0.4 is 5.43 Å².